The second-order valence-corrected chi connectivity index (χ2v) is 5.88. The van der Waals surface area contributed by atoms with Crippen molar-refractivity contribution in [3.8, 4) is 0 Å². The topological polar surface area (TPSA) is 50.3 Å². The van der Waals surface area contributed by atoms with Gasteiger partial charge in [0.25, 0.3) is 11.7 Å². The maximum atomic E-state index is 12.1. The van der Waals surface area contributed by atoms with E-state index in [1.165, 1.54) is 4.90 Å². The van der Waals surface area contributed by atoms with Crippen LogP contribution in [0.4, 0.5) is 5.69 Å². The first-order chi connectivity index (χ1) is 9.59. The van der Waals surface area contributed by atoms with Crippen molar-refractivity contribution in [3.63, 3.8) is 0 Å². The number of benzene rings is 1. The summed E-state index contributed by atoms with van der Waals surface area (Å²) in [4.78, 5) is 30.8. The Morgan fingerprint density at radius 2 is 2.15 bits per heavy atom. The molecular weight excluding hydrogens is 296 g/mol. The highest BCUT2D eigenvalue weighted by Gasteiger charge is 2.37. The number of aryl methyl sites for hydroxylation is 1. The molecule has 20 heavy (non-hydrogen) atoms. The van der Waals surface area contributed by atoms with Crippen molar-refractivity contribution in [1.82, 2.24) is 4.98 Å². The molecule has 2 aromatic rings. The zero-order chi connectivity index (χ0) is 14.3. The number of anilines is 1. The molecule has 0 unspecified atom stereocenters. The molecular formula is C14H11ClN2O2S. The van der Waals surface area contributed by atoms with Gasteiger partial charge >= 0.3 is 0 Å². The predicted molar refractivity (Wildman–Crippen MR) is 78.7 cm³/mol. The fraction of sp³-hybridized carbons (Fsp3) is 0.214. The summed E-state index contributed by atoms with van der Waals surface area (Å²) in [5.74, 6) is -1.03. The number of amides is 1. The molecule has 1 amide bonds. The predicted octanol–water partition coefficient (Wildman–Crippen LogP) is 2.88. The Labute approximate surface area is 125 Å². The van der Waals surface area contributed by atoms with Crippen LogP contribution >= 0.6 is 22.9 Å². The fourth-order valence-corrected chi connectivity index (χ4v) is 3.33. The van der Waals surface area contributed by atoms with Crippen LogP contribution in [0.2, 0.25) is 5.02 Å². The number of hydrogen-bond donors (Lipinski definition) is 0. The molecule has 0 saturated carbocycles. The molecule has 0 saturated heterocycles. The molecule has 3 rings (SSSR count). The van der Waals surface area contributed by atoms with Crippen LogP contribution in [0, 0.1) is 6.92 Å². The largest absolute Gasteiger partial charge is 0.304 e. The summed E-state index contributed by atoms with van der Waals surface area (Å²) in [6.07, 6.45) is 0.682. The van der Waals surface area contributed by atoms with Gasteiger partial charge in [0, 0.05) is 17.8 Å². The van der Waals surface area contributed by atoms with Gasteiger partial charge in [-0.25, -0.2) is 4.98 Å². The van der Waals surface area contributed by atoms with E-state index in [0.717, 1.165) is 10.6 Å². The normalized spacial score (nSPS) is 14.0. The van der Waals surface area contributed by atoms with Crippen molar-refractivity contribution in [3.05, 3.63) is 44.9 Å². The lowest BCUT2D eigenvalue weighted by molar-refractivity contribution is -0.114. The molecule has 0 radical (unpaired) electrons. The van der Waals surface area contributed by atoms with E-state index in [1.54, 1.807) is 35.0 Å². The monoisotopic (exact) mass is 306 g/mol. The third kappa shape index (κ3) is 2.03. The Bertz CT molecular complexity index is 711. The van der Waals surface area contributed by atoms with Crippen molar-refractivity contribution in [2.24, 2.45) is 0 Å². The molecule has 102 valence electrons. The molecule has 0 fully saturated rings. The molecule has 1 aliphatic heterocycles. The SMILES string of the molecule is Cc1ncsc1CCN1C(=O)C(=O)c2c(Cl)cccc21. The van der Waals surface area contributed by atoms with E-state index in [1.807, 2.05) is 6.92 Å². The minimum Gasteiger partial charge on any atom is -0.304 e. The molecule has 0 spiro atoms. The third-order valence-corrected chi connectivity index (χ3v) is 4.67. The molecule has 0 aliphatic carbocycles. The van der Waals surface area contributed by atoms with Crippen LogP contribution in [-0.2, 0) is 11.2 Å². The minimum absolute atomic E-state index is 0.320. The van der Waals surface area contributed by atoms with E-state index in [2.05, 4.69) is 4.98 Å². The lowest BCUT2D eigenvalue weighted by atomic mass is 10.1. The van der Waals surface area contributed by atoms with Gasteiger partial charge in [-0.15, -0.1) is 11.3 Å². The Morgan fingerprint density at radius 1 is 1.35 bits per heavy atom. The van der Waals surface area contributed by atoms with Crippen LogP contribution in [0.15, 0.2) is 23.7 Å². The maximum Gasteiger partial charge on any atom is 0.299 e. The number of fused-ring (bicyclic) bond motifs is 1. The molecule has 1 aromatic carbocycles. The summed E-state index contributed by atoms with van der Waals surface area (Å²) in [5, 5.41) is 0.331. The van der Waals surface area contributed by atoms with Gasteiger partial charge in [0.2, 0.25) is 0 Å². The second-order valence-electron chi connectivity index (χ2n) is 4.53. The number of hydrogen-bond acceptors (Lipinski definition) is 4. The Balaban J connectivity index is 1.88. The zero-order valence-corrected chi connectivity index (χ0v) is 12.3. The number of carbonyl (C=O) groups excluding carboxylic acids is 2. The van der Waals surface area contributed by atoms with Crippen LogP contribution < -0.4 is 4.90 Å². The smallest absolute Gasteiger partial charge is 0.299 e. The second kappa shape index (κ2) is 5.00. The van der Waals surface area contributed by atoms with Crippen LogP contribution in [0.25, 0.3) is 0 Å². The number of carbonyl (C=O) groups is 2. The molecule has 1 aromatic heterocycles. The maximum absolute atomic E-state index is 12.1. The minimum atomic E-state index is -0.522. The van der Waals surface area contributed by atoms with E-state index in [9.17, 15) is 9.59 Å². The van der Waals surface area contributed by atoms with Crippen molar-refractivity contribution in [2.45, 2.75) is 13.3 Å². The highest BCUT2D eigenvalue weighted by Crippen LogP contribution is 2.34. The molecule has 2 heterocycles. The number of thiazole rings is 1. The van der Waals surface area contributed by atoms with Crippen LogP contribution in [-0.4, -0.2) is 23.2 Å². The fourth-order valence-electron chi connectivity index (χ4n) is 2.30. The van der Waals surface area contributed by atoms with Crippen molar-refractivity contribution in [1.29, 1.82) is 0 Å². The molecule has 6 heteroatoms. The number of ketones is 1. The standard InChI is InChI=1S/C14H11ClN2O2S/c1-8-11(20-7-16-8)5-6-17-10-4-2-3-9(15)12(10)13(18)14(17)19/h2-4,7H,5-6H2,1H3. The van der Waals surface area contributed by atoms with E-state index in [4.69, 9.17) is 11.6 Å². The van der Waals surface area contributed by atoms with Crippen LogP contribution in [0.5, 0.6) is 0 Å². The van der Waals surface area contributed by atoms with Crippen molar-refractivity contribution < 1.29 is 9.59 Å². The summed E-state index contributed by atoms with van der Waals surface area (Å²) in [7, 11) is 0. The summed E-state index contributed by atoms with van der Waals surface area (Å²) < 4.78 is 0. The van der Waals surface area contributed by atoms with Gasteiger partial charge < -0.3 is 4.90 Å². The summed E-state index contributed by atoms with van der Waals surface area (Å²) >= 11 is 7.57. The number of halogens is 1. The number of aromatic nitrogens is 1. The van der Waals surface area contributed by atoms with E-state index in [-0.39, 0.29) is 0 Å². The van der Waals surface area contributed by atoms with E-state index >= 15 is 0 Å². The highest BCUT2D eigenvalue weighted by molar-refractivity contribution is 7.09. The van der Waals surface area contributed by atoms with Gasteiger partial charge in [-0.3, -0.25) is 9.59 Å². The Kier molecular flexibility index (Phi) is 3.31. The van der Waals surface area contributed by atoms with E-state index < -0.39 is 11.7 Å². The van der Waals surface area contributed by atoms with Gasteiger partial charge in [-0.2, -0.15) is 0 Å². The van der Waals surface area contributed by atoms with Gasteiger partial charge in [0.05, 0.1) is 27.5 Å². The first-order valence-electron chi connectivity index (χ1n) is 6.13. The van der Waals surface area contributed by atoms with Gasteiger partial charge in [-0.1, -0.05) is 17.7 Å². The first kappa shape index (κ1) is 13.3. The van der Waals surface area contributed by atoms with Gasteiger partial charge in [-0.05, 0) is 19.1 Å². The summed E-state index contributed by atoms with van der Waals surface area (Å²) in [6.45, 7) is 2.40. The molecule has 4 nitrogen and oxygen atoms in total. The Morgan fingerprint density at radius 3 is 2.85 bits per heavy atom. The number of rotatable bonds is 3. The zero-order valence-electron chi connectivity index (χ0n) is 10.7. The molecule has 0 atom stereocenters. The van der Waals surface area contributed by atoms with Crippen molar-refractivity contribution in [2.75, 3.05) is 11.4 Å². The average molecular weight is 307 g/mol. The molecule has 0 N–H and O–H groups in total. The van der Waals surface area contributed by atoms with Crippen molar-refractivity contribution >= 4 is 40.3 Å². The summed E-state index contributed by atoms with van der Waals surface area (Å²) in [5.41, 5.74) is 3.68. The highest BCUT2D eigenvalue weighted by atomic mass is 35.5. The quantitative estimate of drug-likeness (QED) is 0.819. The summed E-state index contributed by atoms with van der Waals surface area (Å²) in [6, 6.07) is 5.13. The van der Waals surface area contributed by atoms with Gasteiger partial charge in [0.1, 0.15) is 0 Å². The first-order valence-corrected chi connectivity index (χ1v) is 7.39. The third-order valence-electron chi connectivity index (χ3n) is 3.36. The Hall–Kier alpha value is -1.72. The molecule has 0 bridgehead atoms. The lowest BCUT2D eigenvalue weighted by Crippen LogP contribution is -2.31. The van der Waals surface area contributed by atoms with Gasteiger partial charge in [0.15, 0.2) is 0 Å². The van der Waals surface area contributed by atoms with Crippen LogP contribution in [0.1, 0.15) is 20.9 Å². The lowest BCUT2D eigenvalue weighted by Gasteiger charge is -2.16. The molecule has 1 aliphatic rings. The van der Waals surface area contributed by atoms with Crippen LogP contribution in [0.3, 0.4) is 0 Å². The number of nitrogens with zero attached hydrogens (tertiary/aromatic N) is 2. The van der Waals surface area contributed by atoms with E-state index in [0.29, 0.717) is 29.2 Å². The average Bonchev–Trinajstić information content (AvgIpc) is 2.93. The number of Topliss-reactive ketones (excluding diaryl/α,β-unsaturated/α-hetero) is 1.